The topological polar surface area (TPSA) is 140 Å². The Morgan fingerprint density at radius 1 is 1.04 bits per heavy atom. The Balaban J connectivity index is 1.25. The molecule has 2 N–H and O–H groups in total. The van der Waals surface area contributed by atoms with Crippen molar-refractivity contribution in [2.75, 3.05) is 32.1 Å². The number of aromatic nitrogens is 4. The van der Waals surface area contributed by atoms with E-state index >= 15 is 0 Å². The van der Waals surface area contributed by atoms with Gasteiger partial charge in [-0.25, -0.2) is 9.78 Å². The van der Waals surface area contributed by atoms with E-state index in [0.29, 0.717) is 52.8 Å². The summed E-state index contributed by atoms with van der Waals surface area (Å²) in [5, 5.41) is 6.11. The van der Waals surface area contributed by atoms with Gasteiger partial charge in [0.2, 0.25) is 11.8 Å². The van der Waals surface area contributed by atoms with Crippen molar-refractivity contribution < 1.29 is 14.3 Å². The van der Waals surface area contributed by atoms with Gasteiger partial charge in [-0.2, -0.15) is 0 Å². The highest BCUT2D eigenvalue weighted by Crippen LogP contribution is 2.42. The molecular formula is C31H29Cl2N7O5. The molecule has 12 nitrogen and oxygen atoms in total. The van der Waals surface area contributed by atoms with Crippen molar-refractivity contribution in [3.8, 4) is 28.3 Å². The number of ether oxygens (including phenoxy) is 1. The van der Waals surface area contributed by atoms with Gasteiger partial charge in [-0.05, 0) is 12.1 Å². The SMILES string of the molecule is COc1nc(-c2cncc(-c3cccc(NC(=O)c4cn(C)c(=O)n(C)c4=O)c3Cl)c2Cl)ccc1CN1CC2(CNC(=O)C2)C1. The minimum Gasteiger partial charge on any atom is -0.481 e. The van der Waals surface area contributed by atoms with Crippen LogP contribution in [0.2, 0.25) is 10.0 Å². The van der Waals surface area contributed by atoms with Crippen molar-refractivity contribution in [3.05, 3.63) is 90.9 Å². The lowest BCUT2D eigenvalue weighted by molar-refractivity contribution is -0.120. The lowest BCUT2D eigenvalue weighted by atomic mass is 9.79. The number of hydrogen-bond acceptors (Lipinski definition) is 8. The number of aryl methyl sites for hydroxylation is 1. The number of carbonyl (C=O) groups is 2. The first kappa shape index (κ1) is 30.5. The number of nitrogens with one attached hydrogen (secondary N) is 2. The molecule has 0 saturated carbocycles. The first-order valence-corrected chi connectivity index (χ1v) is 14.8. The Kier molecular flexibility index (Phi) is 7.98. The molecule has 1 aromatic carbocycles. The van der Waals surface area contributed by atoms with Crippen LogP contribution in [0.25, 0.3) is 22.4 Å². The van der Waals surface area contributed by atoms with Crippen LogP contribution in [0, 0.1) is 5.41 Å². The van der Waals surface area contributed by atoms with E-state index in [9.17, 15) is 19.2 Å². The Labute approximate surface area is 267 Å². The molecule has 3 aromatic heterocycles. The lowest BCUT2D eigenvalue weighted by Crippen LogP contribution is -2.56. The number of rotatable bonds is 7. The molecule has 6 rings (SSSR count). The van der Waals surface area contributed by atoms with Gasteiger partial charge in [0.15, 0.2) is 0 Å². The van der Waals surface area contributed by atoms with Crippen LogP contribution in [-0.4, -0.2) is 62.6 Å². The zero-order valence-corrected chi connectivity index (χ0v) is 26.2. The van der Waals surface area contributed by atoms with Gasteiger partial charge in [0.25, 0.3) is 11.5 Å². The van der Waals surface area contributed by atoms with E-state index in [0.717, 1.165) is 27.8 Å². The van der Waals surface area contributed by atoms with Crippen LogP contribution in [0.1, 0.15) is 22.3 Å². The number of anilines is 1. The summed E-state index contributed by atoms with van der Waals surface area (Å²) in [7, 11) is 4.31. The van der Waals surface area contributed by atoms with Crippen molar-refractivity contribution in [3.63, 3.8) is 0 Å². The third-order valence-corrected chi connectivity index (χ3v) is 9.04. The fraction of sp³-hybridized carbons (Fsp3) is 0.290. The summed E-state index contributed by atoms with van der Waals surface area (Å²) in [6.45, 7) is 3.01. The summed E-state index contributed by atoms with van der Waals surface area (Å²) in [4.78, 5) is 60.7. The predicted octanol–water partition coefficient (Wildman–Crippen LogP) is 3.10. The third-order valence-electron chi connectivity index (χ3n) is 8.22. The number of carbonyl (C=O) groups excluding carboxylic acids is 2. The number of halogens is 2. The number of pyridine rings is 2. The van der Waals surface area contributed by atoms with Crippen LogP contribution in [-0.2, 0) is 25.4 Å². The number of benzene rings is 1. The van der Waals surface area contributed by atoms with Gasteiger partial charge in [0.05, 0.1) is 28.5 Å². The van der Waals surface area contributed by atoms with Crippen LogP contribution in [0.15, 0.2) is 58.5 Å². The van der Waals surface area contributed by atoms with Crippen LogP contribution >= 0.6 is 23.2 Å². The van der Waals surface area contributed by atoms with Gasteiger partial charge in [-0.15, -0.1) is 0 Å². The van der Waals surface area contributed by atoms with Crippen LogP contribution in [0.3, 0.4) is 0 Å². The highest BCUT2D eigenvalue weighted by Gasteiger charge is 2.48. The standard InChI is InChI=1S/C31H29Cl2N7O5/c1-38-13-21(29(43)39(2)30(38)44)27(42)36-23-6-4-5-18(26(23)33)19-10-34-11-20(25(19)32)22-8-7-17(28(37-22)45-3)12-40-15-31(16-40)9-24(41)35-14-31/h4-8,10-11,13H,9,12,14-16H2,1-3H3,(H,35,41)(H,36,42). The molecule has 4 aromatic rings. The summed E-state index contributed by atoms with van der Waals surface area (Å²) >= 11 is 13.7. The highest BCUT2D eigenvalue weighted by atomic mass is 35.5. The highest BCUT2D eigenvalue weighted by molar-refractivity contribution is 6.39. The molecule has 5 heterocycles. The minimum absolute atomic E-state index is 0.0250. The largest absolute Gasteiger partial charge is 0.481 e. The molecule has 232 valence electrons. The van der Waals surface area contributed by atoms with Crippen molar-refractivity contribution >= 4 is 40.7 Å². The Bertz CT molecular complexity index is 1980. The Morgan fingerprint density at radius 3 is 2.51 bits per heavy atom. The smallest absolute Gasteiger partial charge is 0.330 e. The predicted molar refractivity (Wildman–Crippen MR) is 170 cm³/mol. The quantitative estimate of drug-likeness (QED) is 0.311. The van der Waals surface area contributed by atoms with Gasteiger partial charge in [0.1, 0.15) is 5.56 Å². The molecule has 1 spiro atoms. The first-order valence-electron chi connectivity index (χ1n) is 14.0. The van der Waals surface area contributed by atoms with E-state index in [-0.39, 0.29) is 27.6 Å². The second-order valence-corrected chi connectivity index (χ2v) is 12.2. The summed E-state index contributed by atoms with van der Waals surface area (Å²) in [5.74, 6) is -0.152. The monoisotopic (exact) mass is 649 g/mol. The molecule has 0 radical (unpaired) electrons. The molecule has 2 amide bonds. The van der Waals surface area contributed by atoms with Crippen LogP contribution in [0.5, 0.6) is 5.88 Å². The molecule has 14 heteroatoms. The molecule has 2 aliphatic heterocycles. The maximum absolute atomic E-state index is 13.0. The average Bonchev–Trinajstić information content (AvgIpc) is 3.41. The molecule has 2 saturated heterocycles. The van der Waals surface area contributed by atoms with Crippen LogP contribution in [0.4, 0.5) is 5.69 Å². The summed E-state index contributed by atoms with van der Waals surface area (Å²) in [6.07, 6.45) is 4.92. The number of amides is 2. The second-order valence-electron chi connectivity index (χ2n) is 11.4. The van der Waals surface area contributed by atoms with E-state index < -0.39 is 17.2 Å². The van der Waals surface area contributed by atoms with E-state index in [2.05, 4.69) is 20.5 Å². The molecule has 2 fully saturated rings. The molecule has 0 aliphatic carbocycles. The number of hydrogen-bond donors (Lipinski definition) is 2. The molecular weight excluding hydrogens is 621 g/mol. The Morgan fingerprint density at radius 2 is 1.80 bits per heavy atom. The number of methoxy groups -OCH3 is 1. The third kappa shape index (κ3) is 5.60. The average molecular weight is 651 g/mol. The number of nitrogens with zero attached hydrogens (tertiary/aromatic N) is 5. The Hall–Kier alpha value is -4.52. The normalized spacial score (nSPS) is 15.5. The fourth-order valence-corrected chi connectivity index (χ4v) is 6.52. The van der Waals surface area contributed by atoms with E-state index in [4.69, 9.17) is 32.9 Å². The van der Waals surface area contributed by atoms with Crippen LogP contribution < -0.4 is 26.6 Å². The summed E-state index contributed by atoms with van der Waals surface area (Å²) in [5.41, 5.74) is 1.78. The van der Waals surface area contributed by atoms with Crippen molar-refractivity contribution in [2.24, 2.45) is 19.5 Å². The summed E-state index contributed by atoms with van der Waals surface area (Å²) in [6, 6.07) is 8.81. The fourth-order valence-electron chi connectivity index (χ4n) is 5.95. The maximum atomic E-state index is 13.0. The molecule has 0 unspecified atom stereocenters. The van der Waals surface area contributed by atoms with Crippen molar-refractivity contribution in [1.82, 2.24) is 29.3 Å². The molecule has 0 atom stereocenters. The van der Waals surface area contributed by atoms with Gasteiger partial charge in [-0.1, -0.05) is 41.4 Å². The molecule has 2 aliphatic rings. The zero-order valence-electron chi connectivity index (χ0n) is 24.7. The second kappa shape index (κ2) is 11.8. The number of likely N-dealkylation sites (tertiary alicyclic amines) is 1. The first-order chi connectivity index (χ1) is 21.5. The molecule has 0 bridgehead atoms. The van der Waals surface area contributed by atoms with Gasteiger partial charge < -0.3 is 19.9 Å². The van der Waals surface area contributed by atoms with Crippen molar-refractivity contribution in [1.29, 1.82) is 0 Å². The van der Waals surface area contributed by atoms with E-state index in [1.54, 1.807) is 37.7 Å². The maximum Gasteiger partial charge on any atom is 0.330 e. The van der Waals surface area contributed by atoms with Gasteiger partial charge in [0, 0.05) is 93.0 Å². The van der Waals surface area contributed by atoms with Gasteiger partial charge in [-0.3, -0.25) is 28.8 Å². The molecule has 45 heavy (non-hydrogen) atoms. The lowest BCUT2D eigenvalue weighted by Gasteiger charge is -2.47. The van der Waals surface area contributed by atoms with E-state index in [1.165, 1.54) is 20.3 Å². The van der Waals surface area contributed by atoms with Crippen molar-refractivity contribution in [2.45, 2.75) is 13.0 Å². The summed E-state index contributed by atoms with van der Waals surface area (Å²) < 4.78 is 7.64. The zero-order chi connectivity index (χ0) is 32.0. The minimum atomic E-state index is -0.729. The van der Waals surface area contributed by atoms with Gasteiger partial charge >= 0.3 is 5.69 Å². The van der Waals surface area contributed by atoms with E-state index in [1.807, 2.05) is 12.1 Å².